The van der Waals surface area contributed by atoms with Crippen LogP contribution in [0.3, 0.4) is 0 Å². The molecule has 0 amide bonds. The molecule has 8 nitrogen and oxygen atoms in total. The highest BCUT2D eigenvalue weighted by Gasteiger charge is 2.24. The van der Waals surface area contributed by atoms with Crippen molar-refractivity contribution in [1.82, 2.24) is 19.5 Å². The molecule has 1 saturated heterocycles. The van der Waals surface area contributed by atoms with Crippen LogP contribution in [0.1, 0.15) is 18.1 Å². The molecule has 0 spiro atoms. The minimum atomic E-state index is -0.130. The predicted octanol–water partition coefficient (Wildman–Crippen LogP) is 2.21. The van der Waals surface area contributed by atoms with Gasteiger partial charge in [0.2, 0.25) is 5.95 Å². The zero-order valence-electron chi connectivity index (χ0n) is 16.5. The third-order valence-electron chi connectivity index (χ3n) is 5.07. The molecule has 0 N–H and O–H groups in total. The summed E-state index contributed by atoms with van der Waals surface area (Å²) >= 11 is 0. The molecule has 3 heterocycles. The second-order valence-corrected chi connectivity index (χ2v) is 6.81. The van der Waals surface area contributed by atoms with Gasteiger partial charge in [0.05, 0.1) is 31.2 Å². The van der Waals surface area contributed by atoms with E-state index in [0.717, 1.165) is 17.7 Å². The van der Waals surface area contributed by atoms with Crippen LogP contribution in [0.4, 0.5) is 5.95 Å². The second-order valence-electron chi connectivity index (χ2n) is 6.81. The number of rotatable bonds is 4. The fourth-order valence-corrected chi connectivity index (χ4v) is 3.53. The molecule has 0 radical (unpaired) electrons. The third kappa shape index (κ3) is 3.97. The van der Waals surface area contributed by atoms with Gasteiger partial charge in [-0.2, -0.15) is 0 Å². The maximum atomic E-state index is 12.5. The molecule has 1 fully saturated rings. The van der Waals surface area contributed by atoms with Crippen molar-refractivity contribution in [3.8, 4) is 17.1 Å². The van der Waals surface area contributed by atoms with E-state index in [0.29, 0.717) is 37.0 Å². The summed E-state index contributed by atoms with van der Waals surface area (Å²) in [5, 5.41) is 0. The average Bonchev–Trinajstić information content (AvgIpc) is 3.02. The minimum Gasteiger partial charge on any atom is -0.496 e. The lowest BCUT2D eigenvalue weighted by Gasteiger charge is -2.23. The van der Waals surface area contributed by atoms with Crippen molar-refractivity contribution in [3.05, 3.63) is 64.8 Å². The maximum absolute atomic E-state index is 12.5. The first-order valence-corrected chi connectivity index (χ1v) is 9.51. The lowest BCUT2D eigenvalue weighted by atomic mass is 10.1. The molecular weight excluding hydrogens is 370 g/mol. The molecule has 4 rings (SSSR count). The van der Waals surface area contributed by atoms with Crippen LogP contribution in [0.25, 0.3) is 11.4 Å². The standard InChI is InChI=1S/C21H23N5O3/c1-25-20(27)13-17(16-7-9-22-14-23-16)24-21(25)26-10-8-19(29-12-11-26)15-5-3-4-6-18(15)28-2/h3-7,9,13-14,19H,8,10-12H2,1-2H3. The third-order valence-corrected chi connectivity index (χ3v) is 5.07. The summed E-state index contributed by atoms with van der Waals surface area (Å²) in [4.78, 5) is 27.5. The number of nitrogens with zero attached hydrogens (tertiary/aromatic N) is 5. The van der Waals surface area contributed by atoms with E-state index in [1.165, 1.54) is 12.4 Å². The molecule has 1 aromatic carbocycles. The van der Waals surface area contributed by atoms with Crippen molar-refractivity contribution >= 4 is 5.95 Å². The minimum absolute atomic E-state index is 0.0711. The number of methoxy groups -OCH3 is 1. The number of benzene rings is 1. The van der Waals surface area contributed by atoms with E-state index in [1.54, 1.807) is 31.0 Å². The van der Waals surface area contributed by atoms with E-state index in [-0.39, 0.29) is 11.7 Å². The van der Waals surface area contributed by atoms with Crippen molar-refractivity contribution in [2.75, 3.05) is 31.7 Å². The SMILES string of the molecule is COc1ccccc1C1CCN(c2nc(-c3ccncn3)cc(=O)n2C)CCO1. The van der Waals surface area contributed by atoms with Gasteiger partial charge >= 0.3 is 0 Å². The topological polar surface area (TPSA) is 82.4 Å². The van der Waals surface area contributed by atoms with Crippen LogP contribution >= 0.6 is 0 Å². The predicted molar refractivity (Wildman–Crippen MR) is 109 cm³/mol. The molecule has 0 saturated carbocycles. The molecule has 0 aliphatic carbocycles. The first-order valence-electron chi connectivity index (χ1n) is 9.51. The normalized spacial score (nSPS) is 17.0. The Hall–Kier alpha value is -3.26. The second kappa shape index (κ2) is 8.40. The van der Waals surface area contributed by atoms with Crippen molar-refractivity contribution in [2.24, 2.45) is 7.05 Å². The first-order chi connectivity index (χ1) is 14.2. The first kappa shape index (κ1) is 19.1. The fourth-order valence-electron chi connectivity index (χ4n) is 3.53. The highest BCUT2D eigenvalue weighted by atomic mass is 16.5. The van der Waals surface area contributed by atoms with E-state index in [4.69, 9.17) is 14.5 Å². The van der Waals surface area contributed by atoms with Gasteiger partial charge in [-0.1, -0.05) is 18.2 Å². The molecule has 2 aromatic heterocycles. The Morgan fingerprint density at radius 2 is 2.03 bits per heavy atom. The van der Waals surface area contributed by atoms with Crippen molar-refractivity contribution in [3.63, 3.8) is 0 Å². The summed E-state index contributed by atoms with van der Waals surface area (Å²) in [6.45, 7) is 1.87. The Labute approximate surface area is 168 Å². The quantitative estimate of drug-likeness (QED) is 0.672. The van der Waals surface area contributed by atoms with Crippen LogP contribution in [0.5, 0.6) is 5.75 Å². The van der Waals surface area contributed by atoms with E-state index >= 15 is 0 Å². The fraction of sp³-hybridized carbons (Fsp3) is 0.333. The number of hydrogen-bond donors (Lipinski definition) is 0. The Morgan fingerprint density at radius 3 is 2.83 bits per heavy atom. The zero-order valence-corrected chi connectivity index (χ0v) is 16.5. The average molecular weight is 393 g/mol. The number of anilines is 1. The number of ether oxygens (including phenoxy) is 2. The van der Waals surface area contributed by atoms with Crippen molar-refractivity contribution < 1.29 is 9.47 Å². The Bertz CT molecular complexity index is 1040. The van der Waals surface area contributed by atoms with E-state index in [2.05, 4.69) is 14.9 Å². The molecule has 1 aliphatic rings. The van der Waals surface area contributed by atoms with Crippen LogP contribution in [0, 0.1) is 0 Å². The van der Waals surface area contributed by atoms with Gasteiger partial charge < -0.3 is 14.4 Å². The summed E-state index contributed by atoms with van der Waals surface area (Å²) in [7, 11) is 3.40. The molecule has 3 aromatic rings. The summed E-state index contributed by atoms with van der Waals surface area (Å²) in [6, 6.07) is 11.2. The lowest BCUT2D eigenvalue weighted by Crippen LogP contribution is -2.33. The van der Waals surface area contributed by atoms with Crippen LogP contribution in [0.2, 0.25) is 0 Å². The van der Waals surface area contributed by atoms with Crippen LogP contribution in [0.15, 0.2) is 53.7 Å². The van der Waals surface area contributed by atoms with Gasteiger partial charge in [-0.25, -0.2) is 15.0 Å². The van der Waals surface area contributed by atoms with Crippen molar-refractivity contribution in [1.29, 1.82) is 0 Å². The molecule has 150 valence electrons. The van der Waals surface area contributed by atoms with E-state index in [9.17, 15) is 4.79 Å². The van der Waals surface area contributed by atoms with Gasteiger partial charge in [-0.05, 0) is 18.6 Å². The zero-order chi connectivity index (χ0) is 20.2. The van der Waals surface area contributed by atoms with E-state index in [1.807, 2.05) is 24.3 Å². The molecule has 1 aliphatic heterocycles. The Balaban J connectivity index is 1.61. The van der Waals surface area contributed by atoms with Crippen LogP contribution < -0.4 is 15.2 Å². The smallest absolute Gasteiger partial charge is 0.255 e. The van der Waals surface area contributed by atoms with Gasteiger partial charge in [0.1, 0.15) is 12.1 Å². The number of para-hydroxylation sites is 1. The monoisotopic (exact) mass is 393 g/mol. The van der Waals surface area contributed by atoms with Crippen LogP contribution in [-0.4, -0.2) is 46.3 Å². The van der Waals surface area contributed by atoms with Crippen molar-refractivity contribution in [2.45, 2.75) is 12.5 Å². The highest BCUT2D eigenvalue weighted by molar-refractivity contribution is 5.55. The molecule has 1 atom stereocenters. The lowest BCUT2D eigenvalue weighted by molar-refractivity contribution is 0.0629. The summed E-state index contributed by atoms with van der Waals surface area (Å²) < 4.78 is 13.2. The van der Waals surface area contributed by atoms with Gasteiger partial charge in [0.25, 0.3) is 5.56 Å². The molecular formula is C21H23N5O3. The largest absolute Gasteiger partial charge is 0.496 e. The summed E-state index contributed by atoms with van der Waals surface area (Å²) in [5.74, 6) is 1.43. The molecule has 0 bridgehead atoms. The number of aromatic nitrogens is 4. The summed E-state index contributed by atoms with van der Waals surface area (Å²) in [5.41, 5.74) is 2.07. The van der Waals surface area contributed by atoms with E-state index < -0.39 is 0 Å². The summed E-state index contributed by atoms with van der Waals surface area (Å²) in [6.07, 6.45) is 3.77. The van der Waals surface area contributed by atoms with Gasteiger partial charge in [0.15, 0.2) is 0 Å². The van der Waals surface area contributed by atoms with Crippen LogP contribution in [-0.2, 0) is 11.8 Å². The number of hydrogen-bond acceptors (Lipinski definition) is 7. The molecule has 1 unspecified atom stereocenters. The highest BCUT2D eigenvalue weighted by Crippen LogP contribution is 2.32. The Morgan fingerprint density at radius 1 is 1.17 bits per heavy atom. The van der Waals surface area contributed by atoms with Gasteiger partial charge in [-0.15, -0.1) is 0 Å². The van der Waals surface area contributed by atoms with Gasteiger partial charge in [-0.3, -0.25) is 9.36 Å². The maximum Gasteiger partial charge on any atom is 0.255 e. The molecule has 8 heteroatoms. The molecule has 29 heavy (non-hydrogen) atoms. The Kier molecular flexibility index (Phi) is 5.53. The van der Waals surface area contributed by atoms with Gasteiger partial charge in [0, 0.05) is 38.0 Å².